The standard InChI is InChI=1S/C20H21NO2/c1-23-16-9-7-15(8-10-16)20-18(11-13-22)17-6-2-4-14-5-3-12-21(20)19(14)17/h2,4,6-10,22H,3,5,11-13H2,1H3. The van der Waals surface area contributed by atoms with Gasteiger partial charge in [0, 0.05) is 18.5 Å². The average molecular weight is 307 g/mol. The first-order valence-corrected chi connectivity index (χ1v) is 8.21. The van der Waals surface area contributed by atoms with E-state index in [2.05, 4.69) is 34.9 Å². The largest absolute Gasteiger partial charge is 0.497 e. The lowest BCUT2D eigenvalue weighted by Crippen LogP contribution is -2.08. The molecule has 0 saturated carbocycles. The Morgan fingerprint density at radius 1 is 1.13 bits per heavy atom. The van der Waals surface area contributed by atoms with Crippen LogP contribution < -0.4 is 4.74 Å². The van der Waals surface area contributed by atoms with E-state index in [0.29, 0.717) is 6.42 Å². The van der Waals surface area contributed by atoms with Crippen LogP contribution >= 0.6 is 0 Å². The van der Waals surface area contributed by atoms with Crippen molar-refractivity contribution in [2.24, 2.45) is 0 Å². The molecule has 0 spiro atoms. The molecular weight excluding hydrogens is 286 g/mol. The van der Waals surface area contributed by atoms with Crippen molar-refractivity contribution in [3.05, 3.63) is 53.6 Å². The molecule has 1 N–H and O–H groups in total. The highest BCUT2D eigenvalue weighted by Gasteiger charge is 2.22. The van der Waals surface area contributed by atoms with Crippen LogP contribution in [0.1, 0.15) is 17.5 Å². The van der Waals surface area contributed by atoms with Crippen molar-refractivity contribution in [3.63, 3.8) is 0 Å². The Balaban J connectivity index is 2.00. The van der Waals surface area contributed by atoms with Crippen LogP contribution in [0.3, 0.4) is 0 Å². The van der Waals surface area contributed by atoms with Crippen LogP contribution in [-0.2, 0) is 19.4 Å². The third-order valence-corrected chi connectivity index (χ3v) is 4.82. The average Bonchev–Trinajstić information content (AvgIpc) is 2.92. The highest BCUT2D eigenvalue weighted by Crippen LogP contribution is 2.38. The highest BCUT2D eigenvalue weighted by atomic mass is 16.5. The van der Waals surface area contributed by atoms with Crippen LogP contribution in [0.5, 0.6) is 5.75 Å². The van der Waals surface area contributed by atoms with Gasteiger partial charge in [0.15, 0.2) is 0 Å². The molecule has 0 radical (unpaired) electrons. The second kappa shape index (κ2) is 5.74. The fraction of sp³-hybridized carbons (Fsp3) is 0.300. The normalized spacial score (nSPS) is 13.5. The number of nitrogens with zero attached hydrogens (tertiary/aromatic N) is 1. The van der Waals surface area contributed by atoms with Gasteiger partial charge in [-0.2, -0.15) is 0 Å². The first-order valence-electron chi connectivity index (χ1n) is 8.21. The Labute approximate surface area is 136 Å². The number of aryl methyl sites for hydroxylation is 2. The SMILES string of the molecule is COc1ccc(-c2c(CCO)c3cccc4c3n2CCC4)cc1. The van der Waals surface area contributed by atoms with Crippen LogP contribution in [0.15, 0.2) is 42.5 Å². The van der Waals surface area contributed by atoms with Crippen molar-refractivity contribution in [1.29, 1.82) is 0 Å². The molecule has 118 valence electrons. The van der Waals surface area contributed by atoms with E-state index in [-0.39, 0.29) is 6.61 Å². The van der Waals surface area contributed by atoms with Crippen LogP contribution in [0, 0.1) is 0 Å². The first-order chi connectivity index (χ1) is 11.3. The zero-order valence-electron chi connectivity index (χ0n) is 13.4. The minimum atomic E-state index is 0.173. The fourth-order valence-corrected chi connectivity index (χ4v) is 3.85. The van der Waals surface area contributed by atoms with Crippen molar-refractivity contribution in [3.8, 4) is 17.0 Å². The Hall–Kier alpha value is -2.26. The Kier molecular flexibility index (Phi) is 3.58. The van der Waals surface area contributed by atoms with E-state index in [1.807, 2.05) is 12.1 Å². The summed E-state index contributed by atoms with van der Waals surface area (Å²) in [6.07, 6.45) is 3.00. The predicted octanol–water partition coefficient (Wildman–Crippen LogP) is 3.80. The van der Waals surface area contributed by atoms with Crippen molar-refractivity contribution in [1.82, 2.24) is 4.57 Å². The van der Waals surface area contributed by atoms with Gasteiger partial charge in [-0.1, -0.05) is 18.2 Å². The predicted molar refractivity (Wildman–Crippen MR) is 93.0 cm³/mol. The third kappa shape index (κ3) is 2.23. The summed E-state index contributed by atoms with van der Waals surface area (Å²) in [5, 5.41) is 10.9. The monoisotopic (exact) mass is 307 g/mol. The number of hydrogen-bond donors (Lipinski definition) is 1. The molecule has 1 aromatic heterocycles. The molecule has 1 aliphatic heterocycles. The quantitative estimate of drug-likeness (QED) is 0.795. The molecule has 0 unspecified atom stereocenters. The van der Waals surface area contributed by atoms with Gasteiger partial charge in [0.05, 0.1) is 18.3 Å². The van der Waals surface area contributed by atoms with Crippen molar-refractivity contribution >= 4 is 10.9 Å². The summed E-state index contributed by atoms with van der Waals surface area (Å²) in [5.41, 5.74) is 6.49. The number of methoxy groups -OCH3 is 1. The summed E-state index contributed by atoms with van der Waals surface area (Å²) >= 11 is 0. The van der Waals surface area contributed by atoms with Gasteiger partial charge in [0.1, 0.15) is 5.75 Å². The summed E-state index contributed by atoms with van der Waals surface area (Å²) in [5.74, 6) is 0.868. The summed E-state index contributed by atoms with van der Waals surface area (Å²) < 4.78 is 7.73. The van der Waals surface area contributed by atoms with E-state index in [0.717, 1.165) is 18.7 Å². The number of rotatable bonds is 4. The van der Waals surface area contributed by atoms with Crippen molar-refractivity contribution in [2.45, 2.75) is 25.8 Å². The van der Waals surface area contributed by atoms with Crippen LogP contribution in [0.25, 0.3) is 22.2 Å². The number of para-hydroxylation sites is 1. The molecule has 0 amide bonds. The zero-order valence-corrected chi connectivity index (χ0v) is 13.4. The lowest BCUT2D eigenvalue weighted by molar-refractivity contribution is 0.300. The second-order valence-electron chi connectivity index (χ2n) is 6.10. The first kappa shape index (κ1) is 14.3. The number of aromatic nitrogens is 1. The fourth-order valence-electron chi connectivity index (χ4n) is 3.85. The van der Waals surface area contributed by atoms with Gasteiger partial charge < -0.3 is 14.4 Å². The molecular formula is C20H21NO2. The minimum Gasteiger partial charge on any atom is -0.497 e. The molecule has 2 heterocycles. The third-order valence-electron chi connectivity index (χ3n) is 4.82. The van der Waals surface area contributed by atoms with Gasteiger partial charge in [-0.25, -0.2) is 0 Å². The van der Waals surface area contributed by atoms with Gasteiger partial charge in [0.2, 0.25) is 0 Å². The summed E-state index contributed by atoms with van der Waals surface area (Å²) in [6.45, 7) is 1.22. The van der Waals surface area contributed by atoms with Gasteiger partial charge in [-0.05, 0) is 60.2 Å². The van der Waals surface area contributed by atoms with E-state index in [9.17, 15) is 5.11 Å². The molecule has 4 rings (SSSR count). The number of hydrogen-bond acceptors (Lipinski definition) is 2. The van der Waals surface area contributed by atoms with Crippen molar-refractivity contribution < 1.29 is 9.84 Å². The van der Waals surface area contributed by atoms with E-state index in [1.54, 1.807) is 7.11 Å². The van der Waals surface area contributed by atoms with E-state index in [1.165, 1.54) is 39.7 Å². The van der Waals surface area contributed by atoms with E-state index in [4.69, 9.17) is 4.74 Å². The van der Waals surface area contributed by atoms with Gasteiger partial charge >= 0.3 is 0 Å². The second-order valence-corrected chi connectivity index (χ2v) is 6.10. The van der Waals surface area contributed by atoms with Gasteiger partial charge in [-0.3, -0.25) is 0 Å². The van der Waals surface area contributed by atoms with E-state index < -0.39 is 0 Å². The Morgan fingerprint density at radius 2 is 1.96 bits per heavy atom. The number of benzene rings is 2. The number of aliphatic hydroxyl groups excluding tert-OH is 1. The maximum atomic E-state index is 9.57. The van der Waals surface area contributed by atoms with Crippen LogP contribution in [0.2, 0.25) is 0 Å². The molecule has 1 aliphatic rings. The lowest BCUT2D eigenvalue weighted by atomic mass is 10.0. The molecule has 3 nitrogen and oxygen atoms in total. The van der Waals surface area contributed by atoms with Crippen LogP contribution in [-0.4, -0.2) is 23.4 Å². The smallest absolute Gasteiger partial charge is 0.118 e. The molecule has 23 heavy (non-hydrogen) atoms. The molecule has 0 atom stereocenters. The molecule has 0 saturated heterocycles. The number of aliphatic hydroxyl groups is 1. The number of ether oxygens (including phenoxy) is 1. The minimum absolute atomic E-state index is 0.173. The Bertz CT molecular complexity index is 846. The van der Waals surface area contributed by atoms with Gasteiger partial charge in [0.25, 0.3) is 0 Å². The molecule has 0 fully saturated rings. The van der Waals surface area contributed by atoms with E-state index >= 15 is 0 Å². The zero-order chi connectivity index (χ0) is 15.8. The van der Waals surface area contributed by atoms with Crippen LogP contribution in [0.4, 0.5) is 0 Å². The summed E-state index contributed by atoms with van der Waals surface area (Å²) in [4.78, 5) is 0. The molecule has 3 heteroatoms. The Morgan fingerprint density at radius 3 is 2.70 bits per heavy atom. The maximum absolute atomic E-state index is 9.57. The summed E-state index contributed by atoms with van der Waals surface area (Å²) in [7, 11) is 1.69. The lowest BCUT2D eigenvalue weighted by Gasteiger charge is -2.18. The van der Waals surface area contributed by atoms with Crippen molar-refractivity contribution in [2.75, 3.05) is 13.7 Å². The molecule has 0 bridgehead atoms. The summed E-state index contributed by atoms with van der Waals surface area (Å²) in [6, 6.07) is 14.8. The molecule has 2 aromatic carbocycles. The molecule has 3 aromatic rings. The van der Waals surface area contributed by atoms with Gasteiger partial charge in [-0.15, -0.1) is 0 Å². The maximum Gasteiger partial charge on any atom is 0.118 e. The highest BCUT2D eigenvalue weighted by molar-refractivity contribution is 5.94. The topological polar surface area (TPSA) is 34.4 Å². The molecule has 0 aliphatic carbocycles.